The zero-order valence-electron chi connectivity index (χ0n) is 14.1. The average Bonchev–Trinajstić information content (AvgIpc) is 3.11. The van der Waals surface area contributed by atoms with Gasteiger partial charge in [-0.25, -0.2) is 8.42 Å². The molecule has 1 aromatic carbocycles. The van der Waals surface area contributed by atoms with Gasteiger partial charge in [-0.3, -0.25) is 4.79 Å². The summed E-state index contributed by atoms with van der Waals surface area (Å²) in [7, 11) is -3.30. The normalized spacial score (nSPS) is 16.1. The number of amides is 1. The van der Waals surface area contributed by atoms with Gasteiger partial charge in [0.15, 0.2) is 14.0 Å². The number of hydrogen-bond acceptors (Lipinski definition) is 6. The number of aromatic nitrogens is 2. The van der Waals surface area contributed by atoms with Crippen molar-refractivity contribution in [1.29, 1.82) is 0 Å². The van der Waals surface area contributed by atoms with Gasteiger partial charge in [-0.2, -0.15) is 0 Å². The summed E-state index contributed by atoms with van der Waals surface area (Å²) in [6.07, 6.45) is 3.89. The molecule has 8 heteroatoms. The number of hydrogen-bond donors (Lipinski definition) is 0. The summed E-state index contributed by atoms with van der Waals surface area (Å²) in [5, 5.41) is 4.04. The number of aryl methyl sites for hydroxylation is 1. The molecule has 0 atom stereocenters. The second-order valence-electron chi connectivity index (χ2n) is 6.36. The Labute approximate surface area is 152 Å². The molecule has 0 N–H and O–H groups in total. The quantitative estimate of drug-likeness (QED) is 0.796. The molecule has 134 valence electrons. The smallest absolute Gasteiger partial charge is 0.222 e. The van der Waals surface area contributed by atoms with Crippen molar-refractivity contribution in [1.82, 2.24) is 14.5 Å². The third kappa shape index (κ3) is 4.43. The lowest BCUT2D eigenvalue weighted by atomic mass is 9.94. The van der Waals surface area contributed by atoms with Crippen LogP contribution in [-0.2, 0) is 21.1 Å². The lowest BCUT2D eigenvalue weighted by Crippen LogP contribution is -2.38. The number of nitrogens with zero attached hydrogens (tertiary/aromatic N) is 3. The molecule has 1 aromatic heterocycles. The monoisotopic (exact) mass is 379 g/mol. The Balaban J connectivity index is 1.55. The molecule has 0 bridgehead atoms. The third-order valence-corrected chi connectivity index (χ3v) is 7.08. The van der Waals surface area contributed by atoms with E-state index in [1.807, 2.05) is 35.2 Å². The van der Waals surface area contributed by atoms with E-state index < -0.39 is 9.84 Å². The predicted molar refractivity (Wildman–Crippen MR) is 96.3 cm³/mol. The molecule has 0 saturated carbocycles. The highest BCUT2D eigenvalue weighted by atomic mass is 32.2. The predicted octanol–water partition coefficient (Wildman–Crippen LogP) is 2.28. The lowest BCUT2D eigenvalue weighted by molar-refractivity contribution is -0.132. The van der Waals surface area contributed by atoms with Crippen molar-refractivity contribution >= 4 is 27.3 Å². The highest BCUT2D eigenvalue weighted by Crippen LogP contribution is 2.32. The molecule has 6 nitrogen and oxygen atoms in total. The van der Waals surface area contributed by atoms with Gasteiger partial charge in [-0.05, 0) is 24.8 Å². The number of carbonyl (C=O) groups is 1. The standard InChI is InChI=1S/C17H21N3O3S2/c1-25(22,23)17-16(18-19-24-17)14-9-11-20(12-10-14)15(21)8-7-13-5-3-2-4-6-13/h2-6,14H,7-12H2,1H3. The second kappa shape index (κ2) is 7.61. The van der Waals surface area contributed by atoms with Crippen molar-refractivity contribution in [2.75, 3.05) is 19.3 Å². The van der Waals surface area contributed by atoms with E-state index in [1.54, 1.807) is 0 Å². The Bertz CT molecular complexity index is 826. The van der Waals surface area contributed by atoms with E-state index in [0.29, 0.717) is 25.2 Å². The number of likely N-dealkylation sites (tertiary alicyclic amines) is 1. The van der Waals surface area contributed by atoms with Crippen LogP contribution in [0.15, 0.2) is 34.5 Å². The number of carbonyl (C=O) groups excluding carboxylic acids is 1. The van der Waals surface area contributed by atoms with Gasteiger partial charge < -0.3 is 4.90 Å². The molecular weight excluding hydrogens is 358 g/mol. The molecule has 0 unspecified atom stereocenters. The van der Waals surface area contributed by atoms with Crippen LogP contribution in [0.1, 0.15) is 36.4 Å². The Kier molecular flexibility index (Phi) is 5.48. The van der Waals surface area contributed by atoms with Crippen molar-refractivity contribution in [3.8, 4) is 0 Å². The first kappa shape index (κ1) is 18.0. The number of benzene rings is 1. The Morgan fingerprint density at radius 1 is 1.24 bits per heavy atom. The van der Waals surface area contributed by atoms with Gasteiger partial charge in [0.25, 0.3) is 0 Å². The first-order valence-electron chi connectivity index (χ1n) is 8.29. The number of rotatable bonds is 5. The van der Waals surface area contributed by atoms with E-state index >= 15 is 0 Å². The van der Waals surface area contributed by atoms with E-state index in [2.05, 4.69) is 9.59 Å². The summed E-state index contributed by atoms with van der Waals surface area (Å²) in [5.41, 5.74) is 1.74. The maximum absolute atomic E-state index is 12.4. The van der Waals surface area contributed by atoms with Crippen LogP contribution in [-0.4, -0.2) is 48.2 Å². The van der Waals surface area contributed by atoms with Crippen molar-refractivity contribution in [3.05, 3.63) is 41.6 Å². The molecule has 0 spiro atoms. The SMILES string of the molecule is CS(=O)(=O)c1snnc1C1CCN(C(=O)CCc2ccccc2)CC1. The topological polar surface area (TPSA) is 80.2 Å². The molecular formula is C17H21N3O3S2. The Hall–Kier alpha value is -1.80. The summed E-state index contributed by atoms with van der Waals surface area (Å²) in [5.74, 6) is 0.212. The number of piperidine rings is 1. The van der Waals surface area contributed by atoms with Gasteiger partial charge in [0.05, 0.1) is 5.69 Å². The van der Waals surface area contributed by atoms with Crippen molar-refractivity contribution in [3.63, 3.8) is 0 Å². The van der Waals surface area contributed by atoms with Gasteiger partial charge in [0.2, 0.25) is 5.91 Å². The fourth-order valence-corrected chi connectivity index (χ4v) is 4.88. The van der Waals surface area contributed by atoms with E-state index in [4.69, 9.17) is 0 Å². The lowest BCUT2D eigenvalue weighted by Gasteiger charge is -2.31. The van der Waals surface area contributed by atoms with Gasteiger partial charge in [-0.1, -0.05) is 34.8 Å². The van der Waals surface area contributed by atoms with Crippen molar-refractivity contribution in [2.24, 2.45) is 0 Å². The van der Waals surface area contributed by atoms with Crippen molar-refractivity contribution in [2.45, 2.75) is 35.8 Å². The van der Waals surface area contributed by atoms with Crippen LogP contribution in [0, 0.1) is 0 Å². The van der Waals surface area contributed by atoms with Gasteiger partial charge in [-0.15, -0.1) is 5.10 Å². The van der Waals surface area contributed by atoms with Gasteiger partial charge in [0.1, 0.15) is 0 Å². The fourth-order valence-electron chi connectivity index (χ4n) is 3.15. The largest absolute Gasteiger partial charge is 0.343 e. The summed E-state index contributed by atoms with van der Waals surface area (Å²) >= 11 is 0.933. The van der Waals surface area contributed by atoms with E-state index in [1.165, 1.54) is 6.26 Å². The zero-order valence-corrected chi connectivity index (χ0v) is 15.7. The first-order valence-corrected chi connectivity index (χ1v) is 11.0. The third-order valence-electron chi connectivity index (χ3n) is 4.52. The van der Waals surface area contributed by atoms with E-state index in [9.17, 15) is 13.2 Å². The molecule has 0 radical (unpaired) electrons. The van der Waals surface area contributed by atoms with Gasteiger partial charge in [0, 0.05) is 43.2 Å². The molecule has 1 fully saturated rings. The Morgan fingerprint density at radius 3 is 2.56 bits per heavy atom. The minimum absolute atomic E-state index is 0.0571. The minimum Gasteiger partial charge on any atom is -0.343 e. The summed E-state index contributed by atoms with van der Waals surface area (Å²) in [6.45, 7) is 1.28. The van der Waals surface area contributed by atoms with Crippen LogP contribution in [0.3, 0.4) is 0 Å². The molecule has 2 aromatic rings. The van der Waals surface area contributed by atoms with Crippen LogP contribution in [0.4, 0.5) is 0 Å². The summed E-state index contributed by atoms with van der Waals surface area (Å²) < 4.78 is 27.7. The molecule has 0 aliphatic carbocycles. The van der Waals surface area contributed by atoms with Crippen LogP contribution in [0.25, 0.3) is 0 Å². The Morgan fingerprint density at radius 2 is 1.92 bits per heavy atom. The summed E-state index contributed by atoms with van der Waals surface area (Å²) in [4.78, 5) is 14.3. The van der Waals surface area contributed by atoms with E-state index in [0.717, 1.165) is 36.4 Å². The molecule has 1 amide bonds. The molecule has 3 rings (SSSR count). The van der Waals surface area contributed by atoms with Crippen LogP contribution in [0.2, 0.25) is 0 Å². The van der Waals surface area contributed by atoms with E-state index in [-0.39, 0.29) is 16.0 Å². The van der Waals surface area contributed by atoms with Crippen molar-refractivity contribution < 1.29 is 13.2 Å². The average molecular weight is 380 g/mol. The van der Waals surface area contributed by atoms with Crippen LogP contribution >= 0.6 is 11.5 Å². The molecule has 25 heavy (non-hydrogen) atoms. The zero-order chi connectivity index (χ0) is 17.9. The second-order valence-corrected chi connectivity index (χ2v) is 9.32. The fraction of sp³-hybridized carbons (Fsp3) is 0.471. The maximum Gasteiger partial charge on any atom is 0.222 e. The number of sulfone groups is 1. The highest BCUT2D eigenvalue weighted by Gasteiger charge is 2.30. The first-order chi connectivity index (χ1) is 11.9. The highest BCUT2D eigenvalue weighted by molar-refractivity contribution is 7.92. The molecule has 1 saturated heterocycles. The van der Waals surface area contributed by atoms with Gasteiger partial charge >= 0.3 is 0 Å². The molecule has 1 aliphatic rings. The van der Waals surface area contributed by atoms with Crippen LogP contribution < -0.4 is 0 Å². The maximum atomic E-state index is 12.4. The minimum atomic E-state index is -3.30. The molecule has 1 aliphatic heterocycles. The van der Waals surface area contributed by atoms with Crippen LogP contribution in [0.5, 0.6) is 0 Å². The molecule has 2 heterocycles. The summed E-state index contributed by atoms with van der Waals surface area (Å²) in [6, 6.07) is 9.98.